The van der Waals surface area contributed by atoms with Crippen molar-refractivity contribution >= 4 is 28.6 Å². The first-order valence-electron chi connectivity index (χ1n) is 11.5. The minimum Gasteiger partial charge on any atom is -0.508 e. The monoisotopic (exact) mass is 473 g/mol. The Kier molecular flexibility index (Phi) is 7.03. The van der Waals surface area contributed by atoms with Crippen molar-refractivity contribution in [3.63, 3.8) is 0 Å². The van der Waals surface area contributed by atoms with E-state index in [0.29, 0.717) is 6.42 Å². The number of aryl methyl sites for hydroxylation is 3. The Morgan fingerprint density at radius 2 is 1.53 bits per heavy atom. The van der Waals surface area contributed by atoms with Crippen LogP contribution in [0.1, 0.15) is 36.2 Å². The molecular formula is C29H31NO3S. The summed E-state index contributed by atoms with van der Waals surface area (Å²) in [5.74, 6) is 0.182. The van der Waals surface area contributed by atoms with E-state index in [2.05, 4.69) is 48.5 Å². The van der Waals surface area contributed by atoms with Gasteiger partial charge in [-0.15, -0.1) is 11.8 Å². The fourth-order valence-electron chi connectivity index (χ4n) is 4.19. The molecule has 0 saturated carbocycles. The van der Waals surface area contributed by atoms with Gasteiger partial charge >= 0.3 is 5.97 Å². The van der Waals surface area contributed by atoms with Gasteiger partial charge in [0.2, 0.25) is 0 Å². The zero-order valence-electron chi connectivity index (χ0n) is 19.9. The lowest BCUT2D eigenvalue weighted by atomic mass is 9.88. The molecule has 3 aromatic carbocycles. The third-order valence-corrected chi connectivity index (χ3v) is 7.62. The molecular weight excluding hydrogens is 442 g/mol. The average molecular weight is 474 g/mol. The Morgan fingerprint density at radius 1 is 0.912 bits per heavy atom. The van der Waals surface area contributed by atoms with Crippen molar-refractivity contribution < 1.29 is 15.0 Å². The number of carbonyl (C=O) groups is 1. The first-order valence-corrected chi connectivity index (χ1v) is 12.5. The molecule has 4 rings (SSSR count). The molecule has 0 amide bonds. The van der Waals surface area contributed by atoms with E-state index in [1.807, 2.05) is 23.7 Å². The van der Waals surface area contributed by atoms with Crippen LogP contribution in [0.2, 0.25) is 0 Å². The van der Waals surface area contributed by atoms with Crippen molar-refractivity contribution in [3.05, 3.63) is 95.2 Å². The van der Waals surface area contributed by atoms with Crippen LogP contribution in [0.3, 0.4) is 0 Å². The van der Waals surface area contributed by atoms with Crippen molar-refractivity contribution in [2.24, 2.45) is 12.5 Å². The third-order valence-electron chi connectivity index (χ3n) is 6.39. The predicted molar refractivity (Wildman–Crippen MR) is 140 cm³/mol. The van der Waals surface area contributed by atoms with E-state index in [-0.39, 0.29) is 5.75 Å². The lowest BCUT2D eigenvalue weighted by Gasteiger charge is -2.20. The summed E-state index contributed by atoms with van der Waals surface area (Å²) >= 11 is 1.73. The van der Waals surface area contributed by atoms with E-state index < -0.39 is 11.4 Å². The molecule has 0 radical (unpaired) electrons. The number of fused-ring (bicyclic) bond motifs is 1. The molecule has 0 bridgehead atoms. The van der Waals surface area contributed by atoms with Gasteiger partial charge in [-0.25, -0.2) is 0 Å². The highest BCUT2D eigenvalue weighted by molar-refractivity contribution is 7.98. The second kappa shape index (κ2) is 9.98. The van der Waals surface area contributed by atoms with Crippen LogP contribution >= 0.6 is 11.8 Å². The van der Waals surface area contributed by atoms with E-state index in [0.717, 1.165) is 40.1 Å². The third kappa shape index (κ3) is 5.31. The second-order valence-corrected chi connectivity index (χ2v) is 10.5. The maximum absolute atomic E-state index is 11.8. The molecule has 0 spiro atoms. The highest BCUT2D eigenvalue weighted by Crippen LogP contribution is 2.39. The number of benzene rings is 3. The van der Waals surface area contributed by atoms with E-state index >= 15 is 0 Å². The summed E-state index contributed by atoms with van der Waals surface area (Å²) in [6, 6.07) is 24.7. The number of carboxylic acids is 1. The van der Waals surface area contributed by atoms with Crippen LogP contribution in [-0.2, 0) is 36.9 Å². The zero-order chi connectivity index (χ0) is 24.3. The second-order valence-electron chi connectivity index (χ2n) is 9.49. The Bertz CT molecular complexity index is 1290. The van der Waals surface area contributed by atoms with Gasteiger partial charge in [0.1, 0.15) is 5.75 Å². The number of hydrogen-bond donors (Lipinski definition) is 2. The quantitative estimate of drug-likeness (QED) is 0.268. The topological polar surface area (TPSA) is 62.5 Å². The number of phenols is 1. The fraction of sp³-hybridized carbons (Fsp3) is 0.276. The molecule has 0 unspecified atom stereocenters. The Labute approximate surface area is 205 Å². The van der Waals surface area contributed by atoms with Gasteiger partial charge < -0.3 is 14.8 Å². The van der Waals surface area contributed by atoms with Crippen LogP contribution in [0.4, 0.5) is 0 Å². The smallest absolute Gasteiger partial charge is 0.309 e. The molecule has 176 valence electrons. The van der Waals surface area contributed by atoms with Crippen LogP contribution in [0.5, 0.6) is 5.75 Å². The molecule has 0 aliphatic rings. The molecule has 0 aliphatic carbocycles. The van der Waals surface area contributed by atoms with Crippen molar-refractivity contribution in [2.75, 3.05) is 0 Å². The van der Waals surface area contributed by atoms with E-state index in [4.69, 9.17) is 0 Å². The van der Waals surface area contributed by atoms with Crippen molar-refractivity contribution in [1.82, 2.24) is 4.57 Å². The molecule has 2 N–H and O–H groups in total. The van der Waals surface area contributed by atoms with Crippen LogP contribution in [0.25, 0.3) is 10.9 Å². The van der Waals surface area contributed by atoms with Crippen LogP contribution in [0.15, 0.2) is 77.7 Å². The molecule has 1 aromatic heterocycles. The number of aromatic hydroxyl groups is 1. The normalized spacial score (nSPS) is 11.7. The van der Waals surface area contributed by atoms with Crippen molar-refractivity contribution in [3.8, 4) is 5.75 Å². The number of nitrogens with zero attached hydrogens (tertiary/aromatic N) is 1. The van der Waals surface area contributed by atoms with Gasteiger partial charge in [-0.05, 0) is 55.5 Å². The van der Waals surface area contributed by atoms with Gasteiger partial charge in [-0.1, -0.05) is 54.6 Å². The average Bonchev–Trinajstić information content (AvgIpc) is 3.07. The van der Waals surface area contributed by atoms with Crippen LogP contribution < -0.4 is 0 Å². The minimum atomic E-state index is -0.889. The summed E-state index contributed by atoms with van der Waals surface area (Å²) in [5.41, 5.74) is 4.91. The molecule has 34 heavy (non-hydrogen) atoms. The minimum absolute atomic E-state index is 0.208. The molecule has 1 heterocycles. The SMILES string of the molecule is Cn1c(CC(C)(C)C(=O)O)c(SCc2ccc(CCc3ccccc3)cc2)c2ccc(O)cc21. The Hall–Kier alpha value is -3.18. The lowest BCUT2D eigenvalue weighted by molar-refractivity contribution is -0.146. The summed E-state index contributed by atoms with van der Waals surface area (Å²) in [4.78, 5) is 12.9. The number of thioether (sulfide) groups is 1. The first kappa shape index (κ1) is 24.0. The van der Waals surface area contributed by atoms with Gasteiger partial charge in [-0.2, -0.15) is 0 Å². The molecule has 5 heteroatoms. The summed E-state index contributed by atoms with van der Waals surface area (Å²) in [7, 11) is 1.95. The molecule has 4 aromatic rings. The summed E-state index contributed by atoms with van der Waals surface area (Å²) < 4.78 is 2.02. The van der Waals surface area contributed by atoms with E-state index in [9.17, 15) is 15.0 Å². The van der Waals surface area contributed by atoms with Crippen molar-refractivity contribution in [1.29, 1.82) is 0 Å². The number of rotatable bonds is 9. The van der Waals surface area contributed by atoms with Gasteiger partial charge in [-0.3, -0.25) is 4.79 Å². The van der Waals surface area contributed by atoms with E-state index in [1.165, 1.54) is 16.7 Å². The fourth-order valence-corrected chi connectivity index (χ4v) is 5.40. The summed E-state index contributed by atoms with van der Waals surface area (Å²) in [5, 5.41) is 20.8. The first-order chi connectivity index (χ1) is 16.2. The summed E-state index contributed by atoms with van der Waals surface area (Å²) in [6.07, 6.45) is 2.45. The van der Waals surface area contributed by atoms with Gasteiger partial charge in [0, 0.05) is 41.3 Å². The number of hydrogen-bond acceptors (Lipinski definition) is 3. The Morgan fingerprint density at radius 3 is 2.18 bits per heavy atom. The number of carboxylic acid groups (broad SMARTS) is 1. The van der Waals surface area contributed by atoms with E-state index in [1.54, 1.807) is 37.7 Å². The standard InChI is InChI=1S/C29H31NO3S/c1-29(2,28(32)33)18-26-27(24-16-15-23(31)17-25(24)30(26)3)34-19-22-13-11-21(12-14-22)10-9-20-7-5-4-6-8-20/h4-8,11-17,31H,9-10,18-19H2,1-3H3,(H,32,33). The maximum atomic E-state index is 11.8. The van der Waals surface area contributed by atoms with Crippen LogP contribution in [-0.4, -0.2) is 20.7 Å². The van der Waals surface area contributed by atoms with Crippen molar-refractivity contribution in [2.45, 2.75) is 43.8 Å². The zero-order valence-corrected chi connectivity index (χ0v) is 20.7. The number of phenolic OH excluding ortho intramolecular Hbond substituents is 1. The maximum Gasteiger partial charge on any atom is 0.309 e. The molecule has 4 nitrogen and oxygen atoms in total. The van der Waals surface area contributed by atoms with Gasteiger partial charge in [0.15, 0.2) is 0 Å². The van der Waals surface area contributed by atoms with Gasteiger partial charge in [0.05, 0.1) is 10.9 Å². The van der Waals surface area contributed by atoms with Gasteiger partial charge in [0.25, 0.3) is 0 Å². The largest absolute Gasteiger partial charge is 0.508 e. The number of aromatic nitrogens is 1. The highest BCUT2D eigenvalue weighted by atomic mass is 32.2. The molecule has 0 atom stereocenters. The Balaban J connectivity index is 1.53. The number of aliphatic carboxylic acids is 1. The molecule has 0 aliphatic heterocycles. The molecule has 0 fully saturated rings. The lowest BCUT2D eigenvalue weighted by Crippen LogP contribution is -2.27. The van der Waals surface area contributed by atoms with Crippen LogP contribution in [0, 0.1) is 5.41 Å². The summed E-state index contributed by atoms with van der Waals surface area (Å²) in [6.45, 7) is 3.51. The highest BCUT2D eigenvalue weighted by Gasteiger charge is 2.31. The predicted octanol–water partition coefficient (Wildman–Crippen LogP) is 6.61. The molecule has 0 saturated heterocycles.